The maximum Gasteiger partial charge on any atom is 0.317 e. The minimum atomic E-state index is -3.44. The number of aliphatic hydroxyl groups excluding tert-OH is 1. The van der Waals surface area contributed by atoms with Crippen molar-refractivity contribution in [3.63, 3.8) is 0 Å². The number of nitrogens with zero attached hydrogens (tertiary/aromatic N) is 5. The van der Waals surface area contributed by atoms with Crippen molar-refractivity contribution in [2.45, 2.75) is 163 Å². The highest BCUT2D eigenvalue weighted by molar-refractivity contribution is 8.00. The Bertz CT molecular complexity index is 3160. The van der Waals surface area contributed by atoms with Crippen molar-refractivity contribution in [1.29, 1.82) is 5.41 Å². The van der Waals surface area contributed by atoms with Gasteiger partial charge in [0.2, 0.25) is 53.2 Å². The summed E-state index contributed by atoms with van der Waals surface area (Å²) in [5.74, 6) is -7.44. The van der Waals surface area contributed by atoms with Gasteiger partial charge in [0.15, 0.2) is 23.7 Å². The highest BCUT2D eigenvalue weighted by atomic mass is 32.2. The predicted molar refractivity (Wildman–Crippen MR) is 338 cm³/mol. The number of carbonyl (C=O) groups excluding carboxylic acids is 9. The Labute approximate surface area is 546 Å². The lowest BCUT2D eigenvalue weighted by Gasteiger charge is -2.30. The van der Waals surface area contributed by atoms with E-state index in [1.54, 1.807) is 34.9 Å². The summed E-state index contributed by atoms with van der Waals surface area (Å²) >= 11 is 1.11. The van der Waals surface area contributed by atoms with Gasteiger partial charge in [0.1, 0.15) is 54.3 Å². The topological polar surface area (TPSA) is 521 Å². The number of likely N-dealkylation sites (tertiary alicyclic amines) is 1. The van der Waals surface area contributed by atoms with Crippen molar-refractivity contribution in [3.8, 4) is 0 Å². The van der Waals surface area contributed by atoms with Crippen LogP contribution >= 0.6 is 20.0 Å². The molecular weight excluding hydrogens is 1270 g/mol. The first-order valence-electron chi connectivity index (χ1n) is 31.4. The number of nitrogens with one attached hydrogen (secondary N) is 9. The van der Waals surface area contributed by atoms with E-state index in [0.717, 1.165) is 24.6 Å². The second-order valence-corrected chi connectivity index (χ2v) is 25.5. The van der Waals surface area contributed by atoms with Gasteiger partial charge in [-0.15, -0.1) is 11.8 Å². The minimum absolute atomic E-state index is 0.00712. The highest BCUT2D eigenvalue weighted by Gasteiger charge is 2.49. The van der Waals surface area contributed by atoms with Gasteiger partial charge in [0.05, 0.1) is 37.2 Å². The number of unbranched alkanes of at least 4 members (excludes halogenated alkanes) is 4. The number of thioether (sulfide) groups is 1. The zero-order chi connectivity index (χ0) is 67.8. The molecule has 5 heterocycles. The molecule has 0 spiro atoms. The Hall–Kier alpha value is -7.92. The summed E-state index contributed by atoms with van der Waals surface area (Å²) in [5, 5.41) is 47.2. The molecule has 4 fully saturated rings. The number of hydrogen-bond acceptors (Lipinski definition) is 22. The van der Waals surface area contributed by atoms with E-state index in [-0.39, 0.29) is 118 Å². The van der Waals surface area contributed by atoms with Crippen LogP contribution in [-0.2, 0) is 72.9 Å². The number of aliphatic carboxylic acids is 1. The second kappa shape index (κ2) is 36.7. The molecule has 94 heavy (non-hydrogen) atoms. The van der Waals surface area contributed by atoms with E-state index < -0.39 is 129 Å². The number of imidazole rings is 1. The van der Waals surface area contributed by atoms with Crippen molar-refractivity contribution in [1.82, 2.24) is 67.0 Å². The number of fused-ring (bicyclic) bond motifs is 1. The summed E-state index contributed by atoms with van der Waals surface area (Å²) in [4.78, 5) is 157. The third kappa shape index (κ3) is 21.8. The van der Waals surface area contributed by atoms with E-state index in [1.807, 2.05) is 0 Å². The molecule has 9 amide bonds. The zero-order valence-electron chi connectivity index (χ0n) is 51.9. The van der Waals surface area contributed by atoms with E-state index in [1.165, 1.54) is 17.6 Å². The lowest BCUT2D eigenvalue weighted by Crippen LogP contribution is -2.58. The summed E-state index contributed by atoms with van der Waals surface area (Å²) in [6.45, 7) is -0.0575. The first kappa shape index (κ1) is 73.5. The Kier molecular flexibility index (Phi) is 28.7. The van der Waals surface area contributed by atoms with Crippen LogP contribution < -0.4 is 59.7 Å². The van der Waals surface area contributed by atoms with E-state index in [2.05, 4.69) is 57.5 Å². The minimum Gasteiger partial charge on any atom is -0.481 e. The van der Waals surface area contributed by atoms with Crippen molar-refractivity contribution >= 4 is 102 Å². The monoisotopic (exact) mass is 1360 g/mol. The molecule has 34 nitrogen and oxygen atoms in total. The molecule has 18 N–H and O–H groups in total. The fraction of sp³-hybridized carbons (Fsp3) is 0.621. The SMILES string of the molecule is N=C(N)NCCC[C@H]1NC(=O)[C@@H](CCCCNC(=O)[C@H](N)CSC2CC(=O)N(CC3CCC(C(=O)NCCCCCCOC4C(O[PH](=O)O)[C@@H](CO)O[C@H]4n4cnc5c(N)ncnc54)CC3)C2=O)NC(=O)[C@H](Cc2ccccc2)NC(=O)[C@@H](CC(=O)O)NC(=O)CNC1=O. The molecule has 3 aromatic rings. The van der Waals surface area contributed by atoms with Gasteiger partial charge >= 0.3 is 14.2 Å². The molecule has 7 rings (SSSR count). The molecule has 1 saturated carbocycles. The smallest absolute Gasteiger partial charge is 0.317 e. The number of nitrogen functional groups attached to an aromatic ring is 1. The maximum absolute atomic E-state index is 14.1. The van der Waals surface area contributed by atoms with E-state index in [9.17, 15) is 67.6 Å². The standard InChI is InChI=1S/C58H86N17O17PS/c59-35(51(82)64-20-8-6-13-37-53(84)71-36(14-10-21-65-58(61)62)52(83)66-26-42(77)70-39(24-44(79)80)55(86)73-38(54(85)72-37)23-32-11-4-3-5-12-32)29-94-41-25-43(78)74(56(41)87)27-33-15-17-34(18-16-33)50(81)63-19-7-1-2-9-22-90-47-46(92-93(88)89)40(28-76)91-57(47)75-31-69-45-48(60)67-30-68-49(45)75/h3-5,11-12,30-31,33-41,46-47,57,76,93H,1-2,6-10,13-29,59H2,(H,63,81)(H,64,82)(H,66,83)(H,70,77)(H,71,84)(H,72,85)(H,73,86)(H,79,80)(H,88,89)(H2,60,67,68)(H4,61,62,65)/t33?,34?,35-,36-,37-,38+,39-,40-,41?,46?,47?,57-/m1/s1. The molecule has 36 heteroatoms. The Morgan fingerprint density at radius 2 is 1.47 bits per heavy atom. The number of ether oxygens (including phenoxy) is 2. The third-order valence-corrected chi connectivity index (χ3v) is 18.4. The second-order valence-electron chi connectivity index (χ2n) is 23.5. The largest absolute Gasteiger partial charge is 0.481 e. The van der Waals surface area contributed by atoms with Crippen molar-refractivity contribution < 1.29 is 81.6 Å². The molecule has 2 aromatic heterocycles. The quantitative estimate of drug-likeness (QED) is 0.0101. The van der Waals surface area contributed by atoms with Gasteiger partial charge in [0, 0.05) is 57.3 Å². The molecule has 1 aromatic carbocycles. The number of carboxylic acid groups (broad SMARTS) is 1. The average molecular weight is 1360 g/mol. The van der Waals surface area contributed by atoms with Gasteiger partial charge in [-0.1, -0.05) is 43.2 Å². The molecule has 4 aliphatic rings. The van der Waals surface area contributed by atoms with Crippen LogP contribution in [0, 0.1) is 17.2 Å². The fourth-order valence-corrected chi connectivity index (χ4v) is 13.2. The van der Waals surface area contributed by atoms with Crippen LogP contribution in [0.25, 0.3) is 11.2 Å². The Morgan fingerprint density at radius 3 is 2.18 bits per heavy atom. The normalized spacial score (nSPS) is 25.4. The number of anilines is 1. The lowest BCUT2D eigenvalue weighted by atomic mass is 9.81. The van der Waals surface area contributed by atoms with Crippen LogP contribution in [0.2, 0.25) is 0 Å². The number of guanidine groups is 1. The predicted octanol–water partition coefficient (Wildman–Crippen LogP) is -2.54. The van der Waals surface area contributed by atoms with E-state index in [4.69, 9.17) is 36.6 Å². The van der Waals surface area contributed by atoms with Crippen LogP contribution in [0.3, 0.4) is 0 Å². The summed E-state index contributed by atoms with van der Waals surface area (Å²) in [6.07, 6.45) is 3.78. The molecule has 3 saturated heterocycles. The fourth-order valence-electron chi connectivity index (χ4n) is 11.5. The number of carbonyl (C=O) groups is 10. The summed E-state index contributed by atoms with van der Waals surface area (Å²) in [5.41, 5.74) is 18.9. The Morgan fingerprint density at radius 1 is 0.809 bits per heavy atom. The molecule has 1 aliphatic carbocycles. The van der Waals surface area contributed by atoms with Crippen LogP contribution in [0.15, 0.2) is 43.0 Å². The maximum atomic E-state index is 14.1. The van der Waals surface area contributed by atoms with Gasteiger partial charge in [-0.3, -0.25) is 67.4 Å². The van der Waals surface area contributed by atoms with Gasteiger partial charge in [-0.25, -0.2) is 15.0 Å². The first-order chi connectivity index (χ1) is 45.1. The number of nitrogens with two attached hydrogens (primary N) is 3. The zero-order valence-corrected chi connectivity index (χ0v) is 53.7. The van der Waals surface area contributed by atoms with Crippen LogP contribution in [0.5, 0.6) is 0 Å². The molecule has 0 radical (unpaired) electrons. The number of amides is 9. The number of rotatable bonds is 32. The van der Waals surface area contributed by atoms with Crippen molar-refractivity contribution in [3.05, 3.63) is 48.5 Å². The lowest BCUT2D eigenvalue weighted by molar-refractivity contribution is -0.141. The number of benzene rings is 1. The van der Waals surface area contributed by atoms with Gasteiger partial charge in [-0.05, 0) is 82.1 Å². The molecule has 11 atom stereocenters. The Balaban J connectivity index is 0.813. The first-order valence-corrected chi connectivity index (χ1v) is 33.7. The number of carboxylic acids is 1. The van der Waals surface area contributed by atoms with Crippen molar-refractivity contribution in [2.75, 3.05) is 57.4 Å². The number of aromatic nitrogens is 4. The molecule has 4 unspecified atom stereocenters. The third-order valence-electron chi connectivity index (χ3n) is 16.6. The van der Waals surface area contributed by atoms with Crippen molar-refractivity contribution in [2.24, 2.45) is 23.3 Å². The number of imide groups is 1. The molecule has 0 bridgehead atoms. The highest BCUT2D eigenvalue weighted by Crippen LogP contribution is 2.39. The summed E-state index contributed by atoms with van der Waals surface area (Å²) < 4.78 is 30.8. The molecule has 516 valence electrons. The van der Waals surface area contributed by atoms with E-state index in [0.29, 0.717) is 61.8 Å². The number of hydrogen-bond donors (Lipinski definition) is 15. The van der Waals surface area contributed by atoms with Gasteiger partial charge in [-0.2, -0.15) is 0 Å². The molecule has 3 aliphatic heterocycles. The summed E-state index contributed by atoms with van der Waals surface area (Å²) in [7, 11) is -3.44. The van der Waals surface area contributed by atoms with Gasteiger partial charge in [0.25, 0.3) is 0 Å². The average Bonchev–Trinajstić information content (AvgIpc) is 1.62. The number of aliphatic hydroxyl groups is 1. The van der Waals surface area contributed by atoms with E-state index >= 15 is 0 Å². The van der Waals surface area contributed by atoms with Crippen LogP contribution in [0.1, 0.15) is 108 Å². The van der Waals surface area contributed by atoms with Crippen LogP contribution in [0.4, 0.5) is 5.82 Å². The van der Waals surface area contributed by atoms with Gasteiger partial charge < -0.3 is 88.8 Å². The van der Waals surface area contributed by atoms with Crippen LogP contribution in [-0.4, -0.2) is 210 Å². The summed E-state index contributed by atoms with van der Waals surface area (Å²) in [6, 6.07) is 1.84. The molecular formula is C58H86N17O17PS.